The van der Waals surface area contributed by atoms with Gasteiger partial charge in [0.1, 0.15) is 0 Å². The molecule has 1 aliphatic carbocycles. The summed E-state index contributed by atoms with van der Waals surface area (Å²) in [6, 6.07) is 1.91. The number of hydrogen-bond acceptors (Lipinski definition) is 2. The van der Waals surface area contributed by atoms with Crippen LogP contribution in [0.3, 0.4) is 0 Å². The highest BCUT2D eigenvalue weighted by atomic mass is 16.1. The zero-order valence-corrected chi connectivity index (χ0v) is 9.49. The smallest absolute Gasteiger partial charge is 0.229 e. The van der Waals surface area contributed by atoms with E-state index < -0.39 is 0 Å². The number of aromatic nitrogens is 2. The molecule has 4 heteroatoms. The van der Waals surface area contributed by atoms with E-state index in [1.165, 1.54) is 0 Å². The molecular formula is C12H17N3O. The van der Waals surface area contributed by atoms with Crippen molar-refractivity contribution in [2.45, 2.75) is 32.6 Å². The minimum Gasteiger partial charge on any atom is -0.309 e. The highest BCUT2D eigenvalue weighted by molar-refractivity contribution is 5.92. The van der Waals surface area contributed by atoms with Crippen molar-refractivity contribution in [3.63, 3.8) is 0 Å². The Labute approximate surface area is 95.1 Å². The average molecular weight is 219 g/mol. The van der Waals surface area contributed by atoms with Gasteiger partial charge in [0.05, 0.1) is 0 Å². The van der Waals surface area contributed by atoms with Crippen LogP contribution in [0.25, 0.3) is 0 Å². The Balaban J connectivity index is 1.90. The first-order valence-electron chi connectivity index (χ1n) is 5.79. The lowest BCUT2D eigenvalue weighted by atomic mass is 10.1. The summed E-state index contributed by atoms with van der Waals surface area (Å²) in [7, 11) is 0. The fraction of sp³-hybridized carbons (Fsp3) is 0.500. The molecule has 0 saturated heterocycles. The number of amides is 1. The van der Waals surface area contributed by atoms with Crippen LogP contribution in [0.5, 0.6) is 0 Å². The van der Waals surface area contributed by atoms with Gasteiger partial charge in [-0.15, -0.1) is 0 Å². The van der Waals surface area contributed by atoms with Crippen LogP contribution < -0.4 is 5.32 Å². The first-order valence-corrected chi connectivity index (χ1v) is 5.79. The highest BCUT2D eigenvalue weighted by Gasteiger charge is 2.19. The van der Waals surface area contributed by atoms with Gasteiger partial charge in [-0.2, -0.15) is 5.10 Å². The third-order valence-electron chi connectivity index (χ3n) is 2.78. The number of anilines is 1. The van der Waals surface area contributed by atoms with E-state index >= 15 is 0 Å². The molecule has 0 aromatic carbocycles. The predicted molar refractivity (Wildman–Crippen MR) is 63.1 cm³/mol. The quantitative estimate of drug-likeness (QED) is 0.763. The second kappa shape index (κ2) is 4.96. The van der Waals surface area contributed by atoms with Crippen LogP contribution in [0.2, 0.25) is 0 Å². The molecule has 0 aliphatic heterocycles. The third kappa shape index (κ3) is 2.51. The molecule has 0 saturated carbocycles. The van der Waals surface area contributed by atoms with Gasteiger partial charge >= 0.3 is 0 Å². The number of carbonyl (C=O) groups is 1. The minimum absolute atomic E-state index is 0.0690. The SMILES string of the molecule is CCCc1cc(NC(=O)C2CC=CC2)n[nH]1. The van der Waals surface area contributed by atoms with Crippen molar-refractivity contribution in [2.24, 2.45) is 5.92 Å². The zero-order chi connectivity index (χ0) is 11.4. The topological polar surface area (TPSA) is 57.8 Å². The maximum Gasteiger partial charge on any atom is 0.229 e. The molecule has 1 heterocycles. The standard InChI is InChI=1S/C12H17N3O/c1-2-5-10-8-11(15-14-10)13-12(16)9-6-3-4-7-9/h3-4,8-9H,2,5-7H2,1H3,(H2,13,14,15,16). The molecule has 1 amide bonds. The van der Waals surface area contributed by atoms with E-state index in [2.05, 4.69) is 34.6 Å². The number of H-pyrrole nitrogens is 1. The minimum atomic E-state index is 0.0690. The molecule has 16 heavy (non-hydrogen) atoms. The Morgan fingerprint density at radius 1 is 1.56 bits per heavy atom. The second-order valence-electron chi connectivity index (χ2n) is 4.16. The molecular weight excluding hydrogens is 202 g/mol. The number of rotatable bonds is 4. The summed E-state index contributed by atoms with van der Waals surface area (Å²) in [5, 5.41) is 9.83. The summed E-state index contributed by atoms with van der Waals surface area (Å²) in [6.07, 6.45) is 7.83. The van der Waals surface area contributed by atoms with E-state index in [9.17, 15) is 4.79 Å². The van der Waals surface area contributed by atoms with Crippen molar-refractivity contribution in [3.8, 4) is 0 Å². The van der Waals surface area contributed by atoms with E-state index in [4.69, 9.17) is 0 Å². The number of hydrogen-bond donors (Lipinski definition) is 2. The first-order chi connectivity index (χ1) is 7.79. The van der Waals surface area contributed by atoms with Crippen molar-refractivity contribution in [1.82, 2.24) is 10.2 Å². The molecule has 1 aliphatic rings. The normalized spacial score (nSPS) is 15.6. The van der Waals surface area contributed by atoms with Crippen molar-refractivity contribution in [1.29, 1.82) is 0 Å². The lowest BCUT2D eigenvalue weighted by molar-refractivity contribution is -0.119. The van der Waals surface area contributed by atoms with Gasteiger partial charge < -0.3 is 5.32 Å². The fourth-order valence-electron chi connectivity index (χ4n) is 1.88. The molecule has 0 fully saturated rings. The second-order valence-corrected chi connectivity index (χ2v) is 4.16. The Hall–Kier alpha value is -1.58. The van der Waals surface area contributed by atoms with Gasteiger partial charge in [0, 0.05) is 17.7 Å². The summed E-state index contributed by atoms with van der Waals surface area (Å²) < 4.78 is 0. The van der Waals surface area contributed by atoms with Crippen molar-refractivity contribution in [3.05, 3.63) is 23.9 Å². The number of allylic oxidation sites excluding steroid dienone is 2. The van der Waals surface area contributed by atoms with Gasteiger partial charge in [0.15, 0.2) is 5.82 Å². The van der Waals surface area contributed by atoms with Gasteiger partial charge in [-0.05, 0) is 19.3 Å². The molecule has 86 valence electrons. The number of carbonyl (C=O) groups excluding carboxylic acids is 1. The largest absolute Gasteiger partial charge is 0.309 e. The van der Waals surface area contributed by atoms with Crippen LogP contribution in [-0.2, 0) is 11.2 Å². The summed E-state index contributed by atoms with van der Waals surface area (Å²) >= 11 is 0. The van der Waals surface area contributed by atoms with Crippen LogP contribution in [0.4, 0.5) is 5.82 Å². The van der Waals surface area contributed by atoms with Crippen molar-refractivity contribution >= 4 is 11.7 Å². The van der Waals surface area contributed by atoms with E-state index in [0.717, 1.165) is 31.4 Å². The van der Waals surface area contributed by atoms with Gasteiger partial charge in [-0.25, -0.2) is 0 Å². The molecule has 2 rings (SSSR count). The average Bonchev–Trinajstić information content (AvgIpc) is 2.89. The Bertz CT molecular complexity index is 387. The molecule has 1 aromatic heterocycles. The predicted octanol–water partition coefficient (Wildman–Crippen LogP) is 2.27. The number of aromatic amines is 1. The summed E-state index contributed by atoms with van der Waals surface area (Å²) in [5.74, 6) is 0.797. The summed E-state index contributed by atoms with van der Waals surface area (Å²) in [5.41, 5.74) is 1.07. The summed E-state index contributed by atoms with van der Waals surface area (Å²) in [4.78, 5) is 11.8. The van der Waals surface area contributed by atoms with Crippen molar-refractivity contribution in [2.75, 3.05) is 5.32 Å². The molecule has 0 radical (unpaired) electrons. The maximum absolute atomic E-state index is 11.8. The van der Waals surface area contributed by atoms with Crippen LogP contribution in [0, 0.1) is 5.92 Å². The molecule has 0 spiro atoms. The van der Waals surface area contributed by atoms with E-state index in [1.54, 1.807) is 0 Å². The molecule has 4 nitrogen and oxygen atoms in total. The molecule has 2 N–H and O–H groups in total. The number of aryl methyl sites for hydroxylation is 1. The molecule has 0 atom stereocenters. The highest BCUT2D eigenvalue weighted by Crippen LogP contribution is 2.19. The van der Waals surface area contributed by atoms with Crippen LogP contribution in [0.1, 0.15) is 31.9 Å². The monoisotopic (exact) mass is 219 g/mol. The fourth-order valence-corrected chi connectivity index (χ4v) is 1.88. The van der Waals surface area contributed by atoms with E-state index in [1.807, 2.05) is 6.07 Å². The van der Waals surface area contributed by atoms with Gasteiger partial charge in [-0.1, -0.05) is 25.5 Å². The lowest BCUT2D eigenvalue weighted by Crippen LogP contribution is -2.20. The van der Waals surface area contributed by atoms with Crippen molar-refractivity contribution < 1.29 is 4.79 Å². The number of nitrogens with one attached hydrogen (secondary N) is 2. The number of nitrogens with zero attached hydrogens (tertiary/aromatic N) is 1. The third-order valence-corrected chi connectivity index (χ3v) is 2.78. The maximum atomic E-state index is 11.8. The first kappa shape index (κ1) is 10.9. The lowest BCUT2D eigenvalue weighted by Gasteiger charge is -2.07. The Kier molecular flexibility index (Phi) is 3.39. The van der Waals surface area contributed by atoms with E-state index in [-0.39, 0.29) is 11.8 Å². The van der Waals surface area contributed by atoms with Gasteiger partial charge in [0.2, 0.25) is 5.91 Å². The van der Waals surface area contributed by atoms with Crippen LogP contribution in [-0.4, -0.2) is 16.1 Å². The molecule has 0 unspecified atom stereocenters. The molecule has 1 aromatic rings. The zero-order valence-electron chi connectivity index (χ0n) is 9.49. The van der Waals surface area contributed by atoms with E-state index in [0.29, 0.717) is 5.82 Å². The van der Waals surface area contributed by atoms with Gasteiger partial charge in [0.25, 0.3) is 0 Å². The van der Waals surface area contributed by atoms with Gasteiger partial charge in [-0.3, -0.25) is 9.89 Å². The Morgan fingerprint density at radius 2 is 2.31 bits per heavy atom. The molecule has 0 bridgehead atoms. The van der Waals surface area contributed by atoms with Crippen LogP contribution in [0.15, 0.2) is 18.2 Å². The summed E-state index contributed by atoms with van der Waals surface area (Å²) in [6.45, 7) is 2.11. The van der Waals surface area contributed by atoms with Crippen LogP contribution >= 0.6 is 0 Å². The Morgan fingerprint density at radius 3 is 3.00 bits per heavy atom.